The van der Waals surface area contributed by atoms with E-state index >= 15 is 0 Å². The van der Waals surface area contributed by atoms with E-state index in [1.807, 2.05) is 13.8 Å². The summed E-state index contributed by atoms with van der Waals surface area (Å²) >= 11 is 0. The third-order valence-electron chi connectivity index (χ3n) is 4.08. The number of aromatic nitrogens is 1. The highest BCUT2D eigenvalue weighted by atomic mass is 16.5. The Morgan fingerprint density at radius 2 is 1.89 bits per heavy atom. The summed E-state index contributed by atoms with van der Waals surface area (Å²) in [5.74, 6) is -0.356. The molecule has 7 heteroatoms. The lowest BCUT2D eigenvalue weighted by Crippen LogP contribution is -2.21. The average molecular weight is 375 g/mol. The number of esters is 1. The minimum absolute atomic E-state index is 0.0932. The lowest BCUT2D eigenvalue weighted by atomic mass is 9.88. The Morgan fingerprint density at radius 1 is 1.19 bits per heavy atom. The second-order valence-corrected chi connectivity index (χ2v) is 6.49. The van der Waals surface area contributed by atoms with Crippen molar-refractivity contribution in [3.05, 3.63) is 51.4 Å². The quantitative estimate of drug-likeness (QED) is 0.722. The van der Waals surface area contributed by atoms with Crippen molar-refractivity contribution in [2.75, 3.05) is 14.2 Å². The molecule has 1 aromatic heterocycles. The van der Waals surface area contributed by atoms with Crippen molar-refractivity contribution in [2.45, 2.75) is 39.2 Å². The number of pyridine rings is 1. The van der Waals surface area contributed by atoms with Gasteiger partial charge in [-0.25, -0.2) is 0 Å². The molecule has 7 nitrogen and oxygen atoms in total. The van der Waals surface area contributed by atoms with Crippen LogP contribution < -0.4 is 15.0 Å². The van der Waals surface area contributed by atoms with Crippen LogP contribution in [0.2, 0.25) is 0 Å². The third kappa shape index (κ3) is 4.81. The number of ether oxygens (including phenoxy) is 3. The molecule has 0 saturated carbocycles. The Balaban J connectivity index is 2.62. The number of aromatic amines is 1. The van der Waals surface area contributed by atoms with Crippen molar-refractivity contribution in [3.8, 4) is 17.2 Å². The molecule has 0 aliphatic carbocycles. The van der Waals surface area contributed by atoms with E-state index < -0.39 is 17.4 Å². The molecule has 0 bridgehead atoms. The van der Waals surface area contributed by atoms with Crippen LogP contribution >= 0.6 is 0 Å². The molecule has 2 N–H and O–H groups in total. The number of carbonyl (C=O) groups is 1. The molecule has 27 heavy (non-hydrogen) atoms. The predicted molar refractivity (Wildman–Crippen MR) is 101 cm³/mol. The first-order valence-corrected chi connectivity index (χ1v) is 8.61. The summed E-state index contributed by atoms with van der Waals surface area (Å²) in [6.07, 6.45) is -0.201. The summed E-state index contributed by atoms with van der Waals surface area (Å²) in [6.45, 7) is 5.44. The number of carbonyl (C=O) groups excluding carboxylic acids is 1. The summed E-state index contributed by atoms with van der Waals surface area (Å²) in [7, 11) is 2.81. The molecule has 0 aliphatic rings. The fraction of sp³-hybridized carbons (Fsp3) is 0.400. The molecule has 0 spiro atoms. The molecule has 1 heterocycles. The van der Waals surface area contributed by atoms with Gasteiger partial charge in [0.2, 0.25) is 0 Å². The van der Waals surface area contributed by atoms with E-state index in [2.05, 4.69) is 4.98 Å². The molecule has 0 radical (unpaired) electrons. The molecule has 1 aromatic carbocycles. The number of nitrogens with one attached hydrogen (secondary N) is 1. The number of aromatic hydroxyl groups is 1. The summed E-state index contributed by atoms with van der Waals surface area (Å²) in [4.78, 5) is 27.1. The summed E-state index contributed by atoms with van der Waals surface area (Å²) in [5, 5.41) is 10.4. The average Bonchev–Trinajstić information content (AvgIpc) is 2.59. The van der Waals surface area contributed by atoms with Crippen LogP contribution in [0, 0.1) is 6.92 Å². The van der Waals surface area contributed by atoms with Crippen LogP contribution in [0.5, 0.6) is 17.2 Å². The van der Waals surface area contributed by atoms with Gasteiger partial charge >= 0.3 is 5.97 Å². The summed E-state index contributed by atoms with van der Waals surface area (Å²) in [6, 6.07) is 6.61. The maximum Gasteiger partial charge on any atom is 0.306 e. The smallest absolute Gasteiger partial charge is 0.306 e. The lowest BCUT2D eigenvalue weighted by Gasteiger charge is -2.20. The summed E-state index contributed by atoms with van der Waals surface area (Å²) in [5.41, 5.74) is 0.799. The van der Waals surface area contributed by atoms with E-state index in [4.69, 9.17) is 14.2 Å². The van der Waals surface area contributed by atoms with Crippen molar-refractivity contribution in [2.24, 2.45) is 0 Å². The highest BCUT2D eigenvalue weighted by Crippen LogP contribution is 2.37. The van der Waals surface area contributed by atoms with Gasteiger partial charge < -0.3 is 24.3 Å². The van der Waals surface area contributed by atoms with Gasteiger partial charge in [0.25, 0.3) is 5.56 Å². The number of hydrogen-bond donors (Lipinski definition) is 2. The second-order valence-electron chi connectivity index (χ2n) is 6.49. The minimum atomic E-state index is -0.706. The first-order chi connectivity index (χ1) is 12.8. The van der Waals surface area contributed by atoms with Crippen LogP contribution in [-0.2, 0) is 9.53 Å². The number of hydrogen-bond acceptors (Lipinski definition) is 6. The SMILES string of the molecule is COC(=O)C[C@@H](c1ccc(OC)c(OC(C)C)c1)c1c(O)cc(C)[nH]c1=O. The van der Waals surface area contributed by atoms with E-state index in [9.17, 15) is 14.7 Å². The van der Waals surface area contributed by atoms with E-state index in [1.54, 1.807) is 25.1 Å². The first-order valence-electron chi connectivity index (χ1n) is 8.61. The van der Waals surface area contributed by atoms with E-state index in [0.29, 0.717) is 22.8 Å². The predicted octanol–water partition coefficient (Wildman–Crippen LogP) is 2.88. The van der Waals surface area contributed by atoms with Gasteiger partial charge in [-0.05, 0) is 44.5 Å². The molecule has 2 rings (SSSR count). The van der Waals surface area contributed by atoms with Crippen LogP contribution in [0.4, 0.5) is 0 Å². The zero-order valence-electron chi connectivity index (χ0n) is 16.2. The maximum absolute atomic E-state index is 12.5. The second kappa shape index (κ2) is 8.62. The van der Waals surface area contributed by atoms with Crippen molar-refractivity contribution >= 4 is 5.97 Å². The van der Waals surface area contributed by atoms with Crippen molar-refractivity contribution in [3.63, 3.8) is 0 Å². The molecule has 146 valence electrons. The zero-order valence-corrected chi connectivity index (χ0v) is 16.2. The number of benzene rings is 1. The van der Waals surface area contributed by atoms with E-state index in [1.165, 1.54) is 20.3 Å². The molecular formula is C20H25NO6. The topological polar surface area (TPSA) is 97.8 Å². The van der Waals surface area contributed by atoms with Crippen molar-refractivity contribution in [1.29, 1.82) is 0 Å². The minimum Gasteiger partial charge on any atom is -0.507 e. The molecule has 2 aromatic rings. The Kier molecular flexibility index (Phi) is 6.50. The fourth-order valence-corrected chi connectivity index (χ4v) is 2.91. The Morgan fingerprint density at radius 3 is 2.44 bits per heavy atom. The van der Waals surface area contributed by atoms with Crippen LogP contribution in [0.15, 0.2) is 29.1 Å². The molecule has 0 unspecified atom stereocenters. The van der Waals surface area contributed by atoms with Crippen LogP contribution in [0.3, 0.4) is 0 Å². The van der Waals surface area contributed by atoms with Crippen molar-refractivity contribution < 1.29 is 24.1 Å². The van der Waals surface area contributed by atoms with Gasteiger partial charge in [0.05, 0.1) is 32.3 Å². The standard InChI is InChI=1S/C20H25NO6/c1-11(2)27-17-9-13(6-7-16(17)25-4)14(10-18(23)26-5)19-15(22)8-12(3)21-20(19)24/h6-9,11,14H,10H2,1-5H3,(H2,21,22,24)/t14-/m0/s1. The van der Waals surface area contributed by atoms with Gasteiger partial charge in [0.1, 0.15) is 5.75 Å². The van der Waals surface area contributed by atoms with E-state index in [0.717, 1.165) is 0 Å². The maximum atomic E-state index is 12.5. The Hall–Kier alpha value is -2.96. The molecule has 0 fully saturated rings. The van der Waals surface area contributed by atoms with Gasteiger partial charge in [0, 0.05) is 11.6 Å². The van der Waals surface area contributed by atoms with Gasteiger partial charge in [-0.3, -0.25) is 9.59 Å². The largest absolute Gasteiger partial charge is 0.507 e. The van der Waals surface area contributed by atoms with Gasteiger partial charge in [0.15, 0.2) is 11.5 Å². The Bertz CT molecular complexity index is 871. The third-order valence-corrected chi connectivity index (χ3v) is 4.08. The lowest BCUT2D eigenvalue weighted by molar-refractivity contribution is -0.140. The number of H-pyrrole nitrogens is 1. The fourth-order valence-electron chi connectivity index (χ4n) is 2.91. The number of rotatable bonds is 7. The van der Waals surface area contributed by atoms with Crippen LogP contribution in [0.25, 0.3) is 0 Å². The molecule has 0 saturated heterocycles. The molecule has 0 amide bonds. The van der Waals surface area contributed by atoms with E-state index in [-0.39, 0.29) is 23.8 Å². The molecule has 0 aliphatic heterocycles. The monoisotopic (exact) mass is 375 g/mol. The molecular weight excluding hydrogens is 350 g/mol. The molecule has 1 atom stereocenters. The zero-order chi connectivity index (χ0) is 20.1. The highest BCUT2D eigenvalue weighted by molar-refractivity contribution is 5.71. The highest BCUT2D eigenvalue weighted by Gasteiger charge is 2.26. The summed E-state index contributed by atoms with van der Waals surface area (Å²) < 4.78 is 15.9. The van der Waals surface area contributed by atoms with Gasteiger partial charge in [-0.2, -0.15) is 0 Å². The first kappa shape index (κ1) is 20.4. The van der Waals surface area contributed by atoms with Crippen LogP contribution in [0.1, 0.15) is 43.0 Å². The van der Waals surface area contributed by atoms with Crippen molar-refractivity contribution in [1.82, 2.24) is 4.98 Å². The van der Waals surface area contributed by atoms with Crippen LogP contribution in [-0.4, -0.2) is 36.4 Å². The number of aryl methyl sites for hydroxylation is 1. The normalized spacial score (nSPS) is 11.9. The Labute approximate surface area is 157 Å². The van der Waals surface area contributed by atoms with Gasteiger partial charge in [-0.15, -0.1) is 0 Å². The van der Waals surface area contributed by atoms with Gasteiger partial charge in [-0.1, -0.05) is 6.07 Å². The number of methoxy groups -OCH3 is 2.